The van der Waals surface area contributed by atoms with Crippen LogP contribution in [-0.4, -0.2) is 50.2 Å². The molecule has 0 aromatic heterocycles. The van der Waals surface area contributed by atoms with E-state index in [2.05, 4.69) is 24.1 Å². The monoisotopic (exact) mass is 242 g/mol. The van der Waals surface area contributed by atoms with Gasteiger partial charge in [0.2, 0.25) is 0 Å². The van der Waals surface area contributed by atoms with Crippen molar-refractivity contribution < 1.29 is 9.53 Å². The summed E-state index contributed by atoms with van der Waals surface area (Å²) in [5, 5.41) is 3.03. The molecule has 0 amide bonds. The van der Waals surface area contributed by atoms with Crippen LogP contribution in [0, 0.1) is 5.41 Å². The molecule has 1 aliphatic rings. The molecule has 0 bridgehead atoms. The van der Waals surface area contributed by atoms with Crippen LogP contribution in [-0.2, 0) is 9.53 Å². The van der Waals surface area contributed by atoms with E-state index in [-0.39, 0.29) is 12.0 Å². The number of carbonyl (C=O) groups excluding carboxylic acids is 1. The van der Waals surface area contributed by atoms with Gasteiger partial charge in [-0.2, -0.15) is 0 Å². The Kier molecular flexibility index (Phi) is 5.40. The topological polar surface area (TPSA) is 41.6 Å². The average molecular weight is 242 g/mol. The largest absolute Gasteiger partial charge is 0.465 e. The van der Waals surface area contributed by atoms with Crippen molar-refractivity contribution in [2.45, 2.75) is 39.7 Å². The second-order valence-electron chi connectivity index (χ2n) is 5.57. The average Bonchev–Trinajstić information content (AvgIpc) is 2.59. The third kappa shape index (κ3) is 4.64. The van der Waals surface area contributed by atoms with Gasteiger partial charge in [0.05, 0.1) is 6.61 Å². The first-order valence-electron chi connectivity index (χ1n) is 6.55. The number of carbonyl (C=O) groups is 1. The van der Waals surface area contributed by atoms with Crippen LogP contribution in [0.1, 0.15) is 33.6 Å². The smallest absolute Gasteiger partial charge is 0.323 e. The van der Waals surface area contributed by atoms with E-state index < -0.39 is 0 Å². The zero-order valence-corrected chi connectivity index (χ0v) is 11.6. The molecule has 0 spiro atoms. The number of likely N-dealkylation sites (N-methyl/N-ethyl adjacent to an activating group) is 1. The van der Waals surface area contributed by atoms with Gasteiger partial charge in [-0.1, -0.05) is 13.8 Å². The zero-order chi connectivity index (χ0) is 12.9. The first kappa shape index (κ1) is 14.5. The molecular formula is C13H26N2O2. The highest BCUT2D eigenvalue weighted by atomic mass is 16.5. The van der Waals surface area contributed by atoms with Gasteiger partial charge in [-0.25, -0.2) is 0 Å². The Hall–Kier alpha value is -0.610. The second kappa shape index (κ2) is 6.36. The van der Waals surface area contributed by atoms with E-state index in [0.29, 0.717) is 12.0 Å². The second-order valence-corrected chi connectivity index (χ2v) is 5.57. The molecule has 17 heavy (non-hydrogen) atoms. The number of hydrogen-bond acceptors (Lipinski definition) is 4. The molecule has 0 aromatic carbocycles. The van der Waals surface area contributed by atoms with Crippen molar-refractivity contribution in [3.8, 4) is 0 Å². The van der Waals surface area contributed by atoms with Gasteiger partial charge in [0, 0.05) is 13.1 Å². The van der Waals surface area contributed by atoms with Crippen LogP contribution in [0.3, 0.4) is 0 Å². The van der Waals surface area contributed by atoms with Gasteiger partial charge in [0.1, 0.15) is 6.04 Å². The van der Waals surface area contributed by atoms with Crippen molar-refractivity contribution in [2.24, 2.45) is 5.41 Å². The van der Waals surface area contributed by atoms with Gasteiger partial charge < -0.3 is 15.0 Å². The Balaban J connectivity index is 2.31. The Morgan fingerprint density at radius 3 is 2.71 bits per heavy atom. The van der Waals surface area contributed by atoms with E-state index in [9.17, 15) is 4.79 Å². The van der Waals surface area contributed by atoms with Crippen molar-refractivity contribution in [2.75, 3.05) is 33.3 Å². The summed E-state index contributed by atoms with van der Waals surface area (Å²) in [5.41, 5.74) is 0.430. The van der Waals surface area contributed by atoms with E-state index in [0.717, 1.165) is 26.1 Å². The molecule has 1 N–H and O–H groups in total. The van der Waals surface area contributed by atoms with Crippen molar-refractivity contribution in [1.82, 2.24) is 10.2 Å². The van der Waals surface area contributed by atoms with Crippen LogP contribution in [0.4, 0.5) is 0 Å². The third-order valence-corrected chi connectivity index (χ3v) is 3.41. The van der Waals surface area contributed by atoms with Crippen LogP contribution in [0.5, 0.6) is 0 Å². The fraction of sp³-hybridized carbons (Fsp3) is 0.923. The molecule has 0 radical (unpaired) electrons. The molecule has 1 atom stereocenters. The predicted octanol–water partition coefficient (Wildman–Crippen LogP) is 1.26. The molecule has 4 heteroatoms. The highest BCUT2D eigenvalue weighted by Crippen LogP contribution is 2.28. The summed E-state index contributed by atoms with van der Waals surface area (Å²) in [6, 6.07) is -0.168. The third-order valence-electron chi connectivity index (χ3n) is 3.41. The van der Waals surface area contributed by atoms with Crippen LogP contribution in [0.2, 0.25) is 0 Å². The normalized spacial score (nSPS) is 21.4. The molecule has 1 rings (SSSR count). The SMILES string of the molecule is CCOC(=O)C(CCN1CCC(C)(C)C1)NC. The van der Waals surface area contributed by atoms with Crippen molar-refractivity contribution >= 4 is 5.97 Å². The summed E-state index contributed by atoms with van der Waals surface area (Å²) in [6.07, 6.45) is 2.07. The van der Waals surface area contributed by atoms with Gasteiger partial charge in [-0.15, -0.1) is 0 Å². The summed E-state index contributed by atoms with van der Waals surface area (Å²) < 4.78 is 5.03. The number of ether oxygens (including phenoxy) is 1. The first-order valence-corrected chi connectivity index (χ1v) is 6.55. The molecule has 100 valence electrons. The molecule has 1 aliphatic heterocycles. The fourth-order valence-electron chi connectivity index (χ4n) is 2.35. The van der Waals surface area contributed by atoms with E-state index >= 15 is 0 Å². The van der Waals surface area contributed by atoms with Crippen molar-refractivity contribution in [3.05, 3.63) is 0 Å². The number of hydrogen-bond donors (Lipinski definition) is 1. The molecule has 1 unspecified atom stereocenters. The summed E-state index contributed by atoms with van der Waals surface area (Å²) in [7, 11) is 1.81. The number of rotatable bonds is 6. The molecular weight excluding hydrogens is 216 g/mol. The van der Waals surface area contributed by atoms with E-state index in [1.165, 1.54) is 6.42 Å². The minimum Gasteiger partial charge on any atom is -0.465 e. The Labute approximate surface area is 105 Å². The van der Waals surface area contributed by atoms with Crippen LogP contribution >= 0.6 is 0 Å². The lowest BCUT2D eigenvalue weighted by Gasteiger charge is -2.21. The van der Waals surface area contributed by atoms with E-state index in [1.807, 2.05) is 14.0 Å². The lowest BCUT2D eigenvalue weighted by Crippen LogP contribution is -2.39. The Morgan fingerprint density at radius 2 is 2.24 bits per heavy atom. The van der Waals surface area contributed by atoms with Gasteiger partial charge in [-0.3, -0.25) is 4.79 Å². The molecule has 0 saturated carbocycles. The van der Waals surface area contributed by atoms with E-state index in [1.54, 1.807) is 0 Å². The number of esters is 1. The molecule has 1 heterocycles. The molecule has 0 aromatic rings. The van der Waals surface area contributed by atoms with Gasteiger partial charge >= 0.3 is 5.97 Å². The first-order chi connectivity index (χ1) is 7.98. The zero-order valence-electron chi connectivity index (χ0n) is 11.6. The van der Waals surface area contributed by atoms with Gasteiger partial charge in [-0.05, 0) is 38.8 Å². The van der Waals surface area contributed by atoms with Crippen molar-refractivity contribution in [1.29, 1.82) is 0 Å². The standard InChI is InChI=1S/C13H26N2O2/c1-5-17-12(16)11(14-4)6-8-15-9-7-13(2,3)10-15/h11,14H,5-10H2,1-4H3. The fourth-order valence-corrected chi connectivity index (χ4v) is 2.35. The summed E-state index contributed by atoms with van der Waals surface area (Å²) >= 11 is 0. The number of nitrogens with one attached hydrogen (secondary N) is 1. The summed E-state index contributed by atoms with van der Waals surface area (Å²) in [5.74, 6) is -0.131. The van der Waals surface area contributed by atoms with Crippen molar-refractivity contribution in [3.63, 3.8) is 0 Å². The quantitative estimate of drug-likeness (QED) is 0.712. The maximum absolute atomic E-state index is 11.6. The maximum Gasteiger partial charge on any atom is 0.323 e. The highest BCUT2D eigenvalue weighted by Gasteiger charge is 2.29. The lowest BCUT2D eigenvalue weighted by molar-refractivity contribution is -0.145. The predicted molar refractivity (Wildman–Crippen MR) is 68.9 cm³/mol. The van der Waals surface area contributed by atoms with Crippen LogP contribution < -0.4 is 5.32 Å². The van der Waals surface area contributed by atoms with Gasteiger partial charge in [0.15, 0.2) is 0 Å². The van der Waals surface area contributed by atoms with Crippen LogP contribution in [0.25, 0.3) is 0 Å². The summed E-state index contributed by atoms with van der Waals surface area (Å²) in [6.45, 7) is 10.1. The van der Waals surface area contributed by atoms with E-state index in [4.69, 9.17) is 4.74 Å². The van der Waals surface area contributed by atoms with Crippen LogP contribution in [0.15, 0.2) is 0 Å². The number of nitrogens with zero attached hydrogens (tertiary/aromatic N) is 1. The minimum atomic E-state index is -0.168. The maximum atomic E-state index is 11.6. The van der Waals surface area contributed by atoms with Gasteiger partial charge in [0.25, 0.3) is 0 Å². The lowest BCUT2D eigenvalue weighted by atomic mass is 9.93. The molecule has 1 saturated heterocycles. The Bertz CT molecular complexity index is 254. The highest BCUT2D eigenvalue weighted by molar-refractivity contribution is 5.75. The molecule has 1 fully saturated rings. The minimum absolute atomic E-state index is 0.131. The molecule has 0 aliphatic carbocycles. The molecule has 4 nitrogen and oxygen atoms in total. The summed E-state index contributed by atoms with van der Waals surface area (Å²) in [4.78, 5) is 14.0. The Morgan fingerprint density at radius 1 is 1.53 bits per heavy atom. The number of likely N-dealkylation sites (tertiary alicyclic amines) is 1.